The second-order valence-electron chi connectivity index (χ2n) is 11.4. The van der Waals surface area contributed by atoms with Crippen molar-refractivity contribution in [3.8, 4) is 0 Å². The van der Waals surface area contributed by atoms with Gasteiger partial charge in [0, 0.05) is 46.1 Å². The molecule has 1 saturated heterocycles. The molecule has 3 aromatic heterocycles. The van der Waals surface area contributed by atoms with Crippen molar-refractivity contribution in [3.63, 3.8) is 0 Å². The van der Waals surface area contributed by atoms with Crippen LogP contribution in [0.3, 0.4) is 0 Å². The molecule has 4 heterocycles. The minimum absolute atomic E-state index is 0.0941. The fraction of sp³-hybridized carbons (Fsp3) is 0.467. The Balaban J connectivity index is 1.44. The lowest BCUT2D eigenvalue weighted by molar-refractivity contribution is 0.0422. The van der Waals surface area contributed by atoms with Crippen molar-refractivity contribution < 1.29 is 4.74 Å². The number of piperidine rings is 1. The molecule has 1 fully saturated rings. The summed E-state index contributed by atoms with van der Waals surface area (Å²) in [5, 5.41) is 0. The molecule has 0 radical (unpaired) electrons. The van der Waals surface area contributed by atoms with E-state index < -0.39 is 0 Å². The van der Waals surface area contributed by atoms with Crippen LogP contribution in [0, 0.1) is 12.8 Å². The summed E-state index contributed by atoms with van der Waals surface area (Å²) in [7, 11) is 3.83. The van der Waals surface area contributed by atoms with Crippen LogP contribution in [-0.2, 0) is 30.0 Å². The maximum Gasteiger partial charge on any atom is 0.227 e. The number of aryl methyl sites for hydroxylation is 2. The first kappa shape index (κ1) is 25.3. The molecule has 7 heteroatoms. The van der Waals surface area contributed by atoms with Gasteiger partial charge < -0.3 is 14.2 Å². The van der Waals surface area contributed by atoms with Crippen molar-refractivity contribution in [3.05, 3.63) is 77.0 Å². The zero-order chi connectivity index (χ0) is 26.2. The number of hydrogen-bond acceptors (Lipinski definition) is 6. The molecule has 1 aromatic carbocycles. The molecule has 4 aromatic rings. The zero-order valence-corrected chi connectivity index (χ0v) is 22.9. The highest BCUT2D eigenvalue weighted by Gasteiger charge is 2.31. The molecule has 1 aliphatic rings. The lowest BCUT2D eigenvalue weighted by Gasteiger charge is -2.38. The quantitative estimate of drug-likeness (QED) is 0.371. The summed E-state index contributed by atoms with van der Waals surface area (Å²) in [6, 6.07) is 11.0. The maximum absolute atomic E-state index is 5.97. The average Bonchev–Trinajstić information content (AvgIpc) is 3.26. The Kier molecular flexibility index (Phi) is 6.99. The highest BCUT2D eigenvalue weighted by Crippen LogP contribution is 2.30. The van der Waals surface area contributed by atoms with Gasteiger partial charge in [0.2, 0.25) is 5.95 Å². The summed E-state index contributed by atoms with van der Waals surface area (Å²) in [5.74, 6) is 1.19. The number of ether oxygens (including phenoxy) is 1. The smallest absolute Gasteiger partial charge is 0.227 e. The van der Waals surface area contributed by atoms with Crippen LogP contribution in [0.2, 0.25) is 0 Å². The molecule has 2 atom stereocenters. The predicted octanol–water partition coefficient (Wildman–Crippen LogP) is 5.04. The topological polar surface area (TPSA) is 69.0 Å². The van der Waals surface area contributed by atoms with Gasteiger partial charge in [0.05, 0.1) is 18.1 Å². The first-order valence-corrected chi connectivity index (χ1v) is 13.2. The summed E-state index contributed by atoms with van der Waals surface area (Å²) in [5.41, 5.74) is 8.07. The molecule has 1 aliphatic heterocycles. The van der Waals surface area contributed by atoms with Crippen molar-refractivity contribution in [2.75, 3.05) is 25.1 Å². The first-order valence-electron chi connectivity index (χ1n) is 13.2. The minimum Gasteiger partial charge on any atom is -0.379 e. The number of benzene rings is 1. The second kappa shape index (κ2) is 10.2. The van der Waals surface area contributed by atoms with Crippen LogP contribution < -0.4 is 4.90 Å². The largest absolute Gasteiger partial charge is 0.379 e. The van der Waals surface area contributed by atoms with Gasteiger partial charge in [-0.15, -0.1) is 0 Å². The van der Waals surface area contributed by atoms with E-state index in [2.05, 4.69) is 72.9 Å². The van der Waals surface area contributed by atoms with E-state index in [9.17, 15) is 0 Å². The molecule has 7 nitrogen and oxygen atoms in total. The lowest BCUT2D eigenvalue weighted by Crippen LogP contribution is -2.46. The van der Waals surface area contributed by atoms with E-state index in [4.69, 9.17) is 14.7 Å². The van der Waals surface area contributed by atoms with E-state index in [1.807, 2.05) is 37.4 Å². The van der Waals surface area contributed by atoms with E-state index in [-0.39, 0.29) is 11.5 Å². The number of anilines is 1. The van der Waals surface area contributed by atoms with Crippen LogP contribution in [0.15, 0.2) is 49.1 Å². The summed E-state index contributed by atoms with van der Waals surface area (Å²) in [6.45, 7) is 10.6. The third-order valence-corrected chi connectivity index (χ3v) is 7.73. The van der Waals surface area contributed by atoms with Crippen LogP contribution in [0.1, 0.15) is 55.1 Å². The molecule has 0 saturated carbocycles. The molecule has 37 heavy (non-hydrogen) atoms. The van der Waals surface area contributed by atoms with E-state index >= 15 is 0 Å². The fourth-order valence-corrected chi connectivity index (χ4v) is 5.37. The third-order valence-electron chi connectivity index (χ3n) is 7.73. The summed E-state index contributed by atoms with van der Waals surface area (Å²) < 4.78 is 8.01. The molecule has 0 N–H and O–H groups in total. The van der Waals surface area contributed by atoms with E-state index in [1.165, 1.54) is 22.3 Å². The van der Waals surface area contributed by atoms with Crippen LogP contribution in [0.5, 0.6) is 0 Å². The van der Waals surface area contributed by atoms with Crippen molar-refractivity contribution >= 4 is 17.1 Å². The Morgan fingerprint density at radius 3 is 2.59 bits per heavy atom. The van der Waals surface area contributed by atoms with Crippen LogP contribution in [-0.4, -0.2) is 50.8 Å². The van der Waals surface area contributed by atoms with Gasteiger partial charge in [-0.1, -0.05) is 39.0 Å². The number of aromatic nitrogens is 5. The number of imidazole rings is 1. The zero-order valence-electron chi connectivity index (χ0n) is 22.9. The van der Waals surface area contributed by atoms with Crippen molar-refractivity contribution in [1.82, 2.24) is 24.5 Å². The fourth-order valence-electron chi connectivity index (χ4n) is 5.37. The van der Waals surface area contributed by atoms with Gasteiger partial charge in [0.25, 0.3) is 0 Å². The second-order valence-corrected chi connectivity index (χ2v) is 11.4. The van der Waals surface area contributed by atoms with Crippen molar-refractivity contribution in [1.29, 1.82) is 0 Å². The van der Waals surface area contributed by atoms with Gasteiger partial charge in [0.15, 0.2) is 5.65 Å². The molecule has 0 aliphatic carbocycles. The van der Waals surface area contributed by atoms with Crippen LogP contribution in [0.25, 0.3) is 11.2 Å². The van der Waals surface area contributed by atoms with Crippen molar-refractivity contribution in [2.45, 2.75) is 58.5 Å². The number of methoxy groups -OCH3 is 1. The Morgan fingerprint density at radius 1 is 1.08 bits per heavy atom. The van der Waals surface area contributed by atoms with Gasteiger partial charge in [-0.05, 0) is 65.5 Å². The van der Waals surface area contributed by atoms with Gasteiger partial charge in [0.1, 0.15) is 5.52 Å². The molecule has 5 rings (SSSR count). The van der Waals surface area contributed by atoms with Gasteiger partial charge in [-0.3, -0.25) is 4.98 Å². The third kappa shape index (κ3) is 5.37. The summed E-state index contributed by atoms with van der Waals surface area (Å²) >= 11 is 0. The normalized spacial score (nSPS) is 18.5. The van der Waals surface area contributed by atoms with Crippen LogP contribution >= 0.6 is 0 Å². The van der Waals surface area contributed by atoms with E-state index in [0.717, 1.165) is 55.2 Å². The molecular weight excluding hydrogens is 460 g/mol. The minimum atomic E-state index is 0.0941. The van der Waals surface area contributed by atoms with Crippen molar-refractivity contribution in [2.24, 2.45) is 13.0 Å². The summed E-state index contributed by atoms with van der Waals surface area (Å²) in [4.78, 5) is 21.1. The summed E-state index contributed by atoms with van der Waals surface area (Å²) in [6.07, 6.45) is 8.43. The van der Waals surface area contributed by atoms with E-state index in [0.29, 0.717) is 5.92 Å². The van der Waals surface area contributed by atoms with Crippen LogP contribution in [0.4, 0.5) is 5.95 Å². The standard InChI is InChI=1S/C30H38N6O/c1-20-7-8-24(30(2,3)4)16-23(20)17-25-27-28(32-19-35(27)5)34-29(33-25)36-14-11-22(26(18-36)37-6)15-21-9-12-31-13-10-21/h7-10,12-13,16,19,22,26H,11,14-15,17-18H2,1-6H3. The molecule has 0 bridgehead atoms. The monoisotopic (exact) mass is 498 g/mol. The number of rotatable bonds is 6. The molecule has 2 unspecified atom stereocenters. The Morgan fingerprint density at radius 2 is 1.86 bits per heavy atom. The van der Waals surface area contributed by atoms with Gasteiger partial charge >= 0.3 is 0 Å². The molecule has 194 valence electrons. The lowest BCUT2D eigenvalue weighted by atomic mass is 9.84. The van der Waals surface area contributed by atoms with Gasteiger partial charge in [-0.2, -0.15) is 4.98 Å². The highest BCUT2D eigenvalue weighted by atomic mass is 16.5. The highest BCUT2D eigenvalue weighted by molar-refractivity contribution is 5.75. The number of hydrogen-bond donors (Lipinski definition) is 0. The number of nitrogens with zero attached hydrogens (tertiary/aromatic N) is 6. The number of pyridine rings is 1. The number of fused-ring (bicyclic) bond motifs is 1. The maximum atomic E-state index is 5.97. The van der Waals surface area contributed by atoms with E-state index in [1.54, 1.807) is 0 Å². The molecular formula is C30H38N6O. The Labute approximate surface area is 220 Å². The Hall–Kier alpha value is -3.32. The molecule has 0 amide bonds. The predicted molar refractivity (Wildman–Crippen MR) is 148 cm³/mol. The first-order chi connectivity index (χ1) is 17.7. The average molecular weight is 499 g/mol. The Bertz CT molecular complexity index is 1370. The van der Waals surface area contributed by atoms with Gasteiger partial charge in [-0.25, -0.2) is 9.97 Å². The SMILES string of the molecule is COC1CN(c2nc(Cc3cc(C(C)(C)C)ccc3C)c3c(ncn3C)n2)CCC1Cc1ccncc1. The molecule has 0 spiro atoms.